The van der Waals surface area contributed by atoms with Crippen LogP contribution in [0.2, 0.25) is 5.02 Å². The van der Waals surface area contributed by atoms with Gasteiger partial charge in [-0.05, 0) is 47.9 Å². The van der Waals surface area contributed by atoms with Crippen molar-refractivity contribution in [2.75, 3.05) is 0 Å². The molecule has 6 aromatic rings. The molecule has 2 unspecified atom stereocenters. The van der Waals surface area contributed by atoms with Gasteiger partial charge in [0.15, 0.2) is 5.21 Å². The highest BCUT2D eigenvalue weighted by Gasteiger charge is 2.20. The van der Waals surface area contributed by atoms with Crippen molar-refractivity contribution in [3.8, 4) is 27.9 Å². The van der Waals surface area contributed by atoms with Gasteiger partial charge in [0, 0.05) is 46.6 Å². The summed E-state index contributed by atoms with van der Waals surface area (Å²) in [6, 6.07) is 28.4. The summed E-state index contributed by atoms with van der Waals surface area (Å²) in [5.74, 6) is 0. The Hall–Kier alpha value is -4.66. The fraction of sp³-hybridized carbons (Fsp3) is 0.129. The van der Waals surface area contributed by atoms with Crippen molar-refractivity contribution in [2.24, 2.45) is 5.73 Å². The largest absolute Gasteiger partial charge is 0.324 e. The van der Waals surface area contributed by atoms with E-state index in [4.69, 9.17) is 27.4 Å². The standard InChI is InChI=1S/C31H27ClN8/c1-21(33)23-7-9-24(10-8-23)26-18-36-39(19-26)31(15-22-5-3-2-4-6-22)29-13-11-25(17-34-29)28-16-27(32)12-14-30(28)40-20-35-37-38-40/h2-14,16-21,31H,15,33H2,1H3/p+1. The molecular formula is C31H28ClN8+. The van der Waals surface area contributed by atoms with Gasteiger partial charge in [0.1, 0.15) is 10.8 Å². The molecule has 0 amide bonds. The molecule has 40 heavy (non-hydrogen) atoms. The number of aromatic nitrogens is 7. The summed E-state index contributed by atoms with van der Waals surface area (Å²) in [6.07, 6.45) is 8.23. The van der Waals surface area contributed by atoms with E-state index < -0.39 is 0 Å². The number of pyridine rings is 1. The Balaban J connectivity index is 1.35. The lowest BCUT2D eigenvalue weighted by Gasteiger charge is -2.18. The Labute approximate surface area is 237 Å². The fourth-order valence-electron chi connectivity index (χ4n) is 4.81. The molecular weight excluding hydrogens is 520 g/mol. The number of tetrazole rings is 1. The SMILES string of the molecule is CC(N)c1ccc(-c2cnn(C(Cc3ccccc3)c3ccc(-c4cc(Cl)ccc4-[n+]4cnn[nH]4)cn3)c2)cc1. The van der Waals surface area contributed by atoms with Crippen molar-refractivity contribution in [1.82, 2.24) is 30.3 Å². The van der Waals surface area contributed by atoms with Crippen LogP contribution < -0.4 is 10.4 Å². The third-order valence-corrected chi connectivity index (χ3v) is 7.23. The predicted octanol–water partition coefficient (Wildman–Crippen LogP) is 5.51. The summed E-state index contributed by atoms with van der Waals surface area (Å²) in [6.45, 7) is 1.99. The first kappa shape index (κ1) is 25.6. The Kier molecular flexibility index (Phi) is 7.18. The molecule has 0 aliphatic carbocycles. The monoisotopic (exact) mass is 547 g/mol. The minimum atomic E-state index is -0.0986. The van der Waals surface area contributed by atoms with Crippen molar-refractivity contribution in [3.05, 3.63) is 132 Å². The van der Waals surface area contributed by atoms with Crippen molar-refractivity contribution >= 4 is 11.6 Å². The zero-order valence-corrected chi connectivity index (χ0v) is 22.6. The molecule has 0 saturated carbocycles. The molecule has 9 heteroatoms. The second-order valence-corrected chi connectivity index (χ2v) is 10.2. The van der Waals surface area contributed by atoms with Crippen molar-refractivity contribution < 1.29 is 4.68 Å². The number of H-pyrrole nitrogens is 1. The maximum Gasteiger partial charge on any atom is 0.293 e. The number of hydrogen-bond acceptors (Lipinski definition) is 5. The lowest BCUT2D eigenvalue weighted by molar-refractivity contribution is -0.659. The Morgan fingerprint density at radius 1 is 0.925 bits per heavy atom. The lowest BCUT2D eigenvalue weighted by Crippen LogP contribution is -2.32. The van der Waals surface area contributed by atoms with Gasteiger partial charge in [0.2, 0.25) is 0 Å². The van der Waals surface area contributed by atoms with Gasteiger partial charge in [-0.3, -0.25) is 9.67 Å². The van der Waals surface area contributed by atoms with Crippen molar-refractivity contribution in [3.63, 3.8) is 0 Å². The highest BCUT2D eigenvalue weighted by molar-refractivity contribution is 6.31. The second kappa shape index (κ2) is 11.2. The number of nitrogens with two attached hydrogens (primary N) is 1. The van der Waals surface area contributed by atoms with Crippen LogP contribution in [0.4, 0.5) is 0 Å². The summed E-state index contributed by atoms with van der Waals surface area (Å²) >= 11 is 6.37. The Morgan fingerprint density at radius 3 is 2.42 bits per heavy atom. The van der Waals surface area contributed by atoms with Crippen molar-refractivity contribution in [1.29, 1.82) is 0 Å². The quantitative estimate of drug-likeness (QED) is 0.245. The van der Waals surface area contributed by atoms with Gasteiger partial charge in [-0.2, -0.15) is 5.10 Å². The van der Waals surface area contributed by atoms with Gasteiger partial charge in [-0.25, -0.2) is 0 Å². The lowest BCUT2D eigenvalue weighted by atomic mass is 10.0. The molecule has 0 bridgehead atoms. The highest BCUT2D eigenvalue weighted by Crippen LogP contribution is 2.30. The summed E-state index contributed by atoms with van der Waals surface area (Å²) in [5, 5.41) is 16.0. The van der Waals surface area contributed by atoms with Gasteiger partial charge < -0.3 is 5.73 Å². The topological polar surface area (TPSA) is 102 Å². The van der Waals surface area contributed by atoms with Gasteiger partial charge >= 0.3 is 0 Å². The number of benzene rings is 3. The minimum Gasteiger partial charge on any atom is -0.324 e. The molecule has 3 N–H and O–H groups in total. The van der Waals surface area contributed by atoms with E-state index in [1.54, 1.807) is 11.0 Å². The van der Waals surface area contributed by atoms with Gasteiger partial charge in [-0.1, -0.05) is 77.5 Å². The molecule has 2 atom stereocenters. The molecule has 0 aliphatic rings. The zero-order chi connectivity index (χ0) is 27.5. The molecule has 8 nitrogen and oxygen atoms in total. The van der Waals surface area contributed by atoms with E-state index in [-0.39, 0.29) is 12.1 Å². The van der Waals surface area contributed by atoms with E-state index in [2.05, 4.69) is 82.4 Å². The number of nitrogens with one attached hydrogen (secondary N) is 1. The van der Waals surface area contributed by atoms with Crippen LogP contribution in [0.25, 0.3) is 27.9 Å². The first-order chi connectivity index (χ1) is 19.5. The van der Waals surface area contributed by atoms with Crippen LogP contribution in [0, 0.1) is 0 Å². The first-order valence-corrected chi connectivity index (χ1v) is 13.4. The molecule has 0 aliphatic heterocycles. The third kappa shape index (κ3) is 5.40. The van der Waals surface area contributed by atoms with E-state index in [0.717, 1.165) is 45.6 Å². The number of rotatable bonds is 8. The van der Waals surface area contributed by atoms with Crippen LogP contribution >= 0.6 is 11.6 Å². The normalized spacial score (nSPS) is 12.8. The average Bonchev–Trinajstić information content (AvgIpc) is 3.70. The van der Waals surface area contributed by atoms with E-state index in [1.807, 2.05) is 48.3 Å². The van der Waals surface area contributed by atoms with Gasteiger partial charge in [0.05, 0.1) is 17.9 Å². The molecule has 3 heterocycles. The Bertz CT molecular complexity index is 1690. The fourth-order valence-corrected chi connectivity index (χ4v) is 4.98. The van der Waals surface area contributed by atoms with E-state index in [9.17, 15) is 0 Å². The second-order valence-electron chi connectivity index (χ2n) is 9.76. The average molecular weight is 548 g/mol. The van der Waals surface area contributed by atoms with Gasteiger partial charge in [0.25, 0.3) is 6.33 Å². The molecule has 0 fully saturated rings. The summed E-state index contributed by atoms with van der Waals surface area (Å²) in [5.41, 5.74) is 14.1. The van der Waals surface area contributed by atoms with Gasteiger partial charge in [-0.15, -0.1) is 4.68 Å². The highest BCUT2D eigenvalue weighted by atomic mass is 35.5. The number of halogens is 1. The van der Waals surface area contributed by atoms with Crippen LogP contribution in [0.3, 0.4) is 0 Å². The summed E-state index contributed by atoms with van der Waals surface area (Å²) < 4.78 is 3.74. The zero-order valence-electron chi connectivity index (χ0n) is 21.9. The van der Waals surface area contributed by atoms with E-state index in [0.29, 0.717) is 5.02 Å². The van der Waals surface area contributed by atoms with Crippen LogP contribution in [-0.2, 0) is 6.42 Å². The van der Waals surface area contributed by atoms with E-state index in [1.165, 1.54) is 5.56 Å². The maximum absolute atomic E-state index is 6.37. The van der Waals surface area contributed by atoms with Crippen LogP contribution in [0.5, 0.6) is 0 Å². The maximum atomic E-state index is 6.37. The number of aromatic amines is 1. The van der Waals surface area contributed by atoms with E-state index >= 15 is 0 Å². The predicted molar refractivity (Wildman–Crippen MR) is 155 cm³/mol. The molecule has 0 saturated heterocycles. The molecule has 0 radical (unpaired) electrons. The summed E-state index contributed by atoms with van der Waals surface area (Å²) in [7, 11) is 0. The molecule has 198 valence electrons. The Morgan fingerprint density at radius 2 is 1.73 bits per heavy atom. The van der Waals surface area contributed by atoms with Crippen molar-refractivity contribution in [2.45, 2.75) is 25.4 Å². The molecule has 3 aromatic carbocycles. The molecule has 3 aromatic heterocycles. The first-order valence-electron chi connectivity index (χ1n) is 13.0. The smallest absolute Gasteiger partial charge is 0.293 e. The molecule has 0 spiro atoms. The van der Waals surface area contributed by atoms with Crippen LogP contribution in [0.15, 0.2) is 110 Å². The van der Waals surface area contributed by atoms with Crippen LogP contribution in [-0.4, -0.2) is 30.3 Å². The summed E-state index contributed by atoms with van der Waals surface area (Å²) in [4.78, 5) is 4.92. The number of nitrogens with zero attached hydrogens (tertiary/aromatic N) is 6. The third-order valence-electron chi connectivity index (χ3n) is 7.00. The molecule has 6 rings (SSSR count). The minimum absolute atomic E-state index is 0.00110. The number of hydrogen-bond donors (Lipinski definition) is 2. The van der Waals surface area contributed by atoms with Crippen LogP contribution in [0.1, 0.15) is 35.8 Å².